The fourth-order valence-corrected chi connectivity index (χ4v) is 12.7. The largest absolute Gasteiger partial charge is 0.438 e. The van der Waals surface area contributed by atoms with Crippen LogP contribution in [-0.4, -0.2) is 146 Å². The molecule has 2 amide bonds. The Morgan fingerprint density at radius 3 is 1.98 bits per heavy atom. The minimum atomic E-state index is -1.11. The normalized spacial score (nSPS) is 12.1. The first-order valence-electron chi connectivity index (χ1n) is 13.5. The Morgan fingerprint density at radius 1 is 0.681 bits per heavy atom. The zero-order chi connectivity index (χ0) is 34.3. The minimum Gasteiger partial charge on any atom is -0.438 e. The zero-order valence-electron chi connectivity index (χ0n) is 25.7. The van der Waals surface area contributed by atoms with Gasteiger partial charge in [0.25, 0.3) is 5.24 Å². The molecule has 4 N–H and O–H groups in total. The first kappa shape index (κ1) is 48.8. The SMILES string of the molecule is O=C(NCCSCSCCN=CS(=O)CSCSCSC(=O)NCCSCSCCN=COOCSCSCO)OCSCSCO. The summed E-state index contributed by atoms with van der Waals surface area (Å²) in [6.07, 6.45) is 0.874. The summed E-state index contributed by atoms with van der Waals surface area (Å²) >= 11 is 17.2. The van der Waals surface area contributed by atoms with Crippen molar-refractivity contribution in [2.75, 3.05) is 109 Å². The number of alkyl carbamates (subject to hydrolysis) is 1. The van der Waals surface area contributed by atoms with Crippen molar-refractivity contribution >= 4 is 163 Å². The van der Waals surface area contributed by atoms with Crippen molar-refractivity contribution in [2.24, 2.45) is 9.98 Å². The molecule has 0 aliphatic rings. The van der Waals surface area contributed by atoms with Crippen molar-refractivity contribution in [1.29, 1.82) is 0 Å². The second kappa shape index (κ2) is 42.2. The Morgan fingerprint density at radius 2 is 1.28 bits per heavy atom. The molecule has 24 heteroatoms. The number of thioether (sulfide) groups is 11. The van der Waals surface area contributed by atoms with Gasteiger partial charge in [-0.3, -0.25) is 19.0 Å². The predicted molar refractivity (Wildman–Crippen MR) is 226 cm³/mol. The van der Waals surface area contributed by atoms with Gasteiger partial charge in [-0.1, -0.05) is 11.8 Å². The van der Waals surface area contributed by atoms with Gasteiger partial charge in [-0.2, -0.15) is 4.89 Å². The third-order valence-corrected chi connectivity index (χ3v) is 17.1. The maximum Gasteiger partial charge on any atom is 0.407 e. The van der Waals surface area contributed by atoms with E-state index in [9.17, 15) is 13.8 Å². The zero-order valence-corrected chi connectivity index (χ0v) is 35.5. The summed E-state index contributed by atoms with van der Waals surface area (Å²) in [5.74, 6) is 4.19. The second-order valence-corrected chi connectivity index (χ2v) is 22.4. The molecule has 0 aromatic carbocycles. The maximum absolute atomic E-state index is 12.1. The lowest BCUT2D eigenvalue weighted by atomic mass is 10.7. The molecule has 0 fully saturated rings. The van der Waals surface area contributed by atoms with Crippen LogP contribution in [0, 0.1) is 0 Å². The van der Waals surface area contributed by atoms with Crippen LogP contribution >= 0.6 is 129 Å². The van der Waals surface area contributed by atoms with Gasteiger partial charge in [0.1, 0.15) is 11.9 Å². The molecule has 47 heavy (non-hydrogen) atoms. The van der Waals surface area contributed by atoms with Gasteiger partial charge in [-0.15, -0.1) is 118 Å². The van der Waals surface area contributed by atoms with Crippen molar-refractivity contribution in [3.63, 3.8) is 0 Å². The van der Waals surface area contributed by atoms with Gasteiger partial charge in [-0.25, -0.2) is 4.79 Å². The number of hydrogen-bond acceptors (Lipinski definition) is 21. The van der Waals surface area contributed by atoms with Crippen molar-refractivity contribution in [2.45, 2.75) is 0 Å². The number of carbonyl (C=O) groups is 2. The third-order valence-electron chi connectivity index (χ3n) is 4.03. The highest BCUT2D eigenvalue weighted by Crippen LogP contribution is 2.19. The van der Waals surface area contributed by atoms with Gasteiger partial charge in [-0.05, 0) is 0 Å². The van der Waals surface area contributed by atoms with Gasteiger partial charge in [0.2, 0.25) is 6.40 Å². The van der Waals surface area contributed by atoms with Crippen LogP contribution < -0.4 is 10.6 Å². The molecule has 0 saturated carbocycles. The average Bonchev–Trinajstić information content (AvgIpc) is 3.06. The molecular formula is C23H44N4O8S12. The number of hydrogen-bond donors (Lipinski definition) is 4. The Labute approximate surface area is 328 Å². The lowest BCUT2D eigenvalue weighted by molar-refractivity contribution is -0.196. The molecule has 0 radical (unpaired) electrons. The molecule has 0 rings (SSSR count). The number of aliphatic hydroxyl groups is 2. The van der Waals surface area contributed by atoms with E-state index in [1.165, 1.54) is 70.8 Å². The number of rotatable bonds is 35. The predicted octanol–water partition coefficient (Wildman–Crippen LogP) is 5.76. The molecule has 0 aromatic rings. The summed E-state index contributed by atoms with van der Waals surface area (Å²) in [6.45, 7) is 2.43. The first-order chi connectivity index (χ1) is 23.1. The van der Waals surface area contributed by atoms with E-state index in [1.807, 2.05) is 0 Å². The number of nitrogens with zero attached hydrogens (tertiary/aromatic N) is 2. The molecular weight excluding hydrogens is 845 g/mol. The van der Waals surface area contributed by atoms with Gasteiger partial charge >= 0.3 is 6.09 Å². The fourth-order valence-electron chi connectivity index (χ4n) is 2.14. The maximum atomic E-state index is 12.1. The number of nitrogens with one attached hydrogen (secondary N) is 2. The number of aliphatic imine (C=N–C) groups is 2. The Kier molecular flexibility index (Phi) is 43.8. The van der Waals surface area contributed by atoms with Crippen LogP contribution in [0.3, 0.4) is 0 Å². The first-order valence-corrected chi connectivity index (χ1v) is 27.5. The van der Waals surface area contributed by atoms with Crippen molar-refractivity contribution < 1.29 is 38.5 Å². The fraction of sp³-hybridized carbons (Fsp3) is 0.826. The van der Waals surface area contributed by atoms with E-state index in [0.717, 1.165) is 43.4 Å². The average molecular weight is 889 g/mol. The number of carbonyl (C=O) groups excluding carboxylic acids is 2. The lowest BCUT2D eigenvalue weighted by Crippen LogP contribution is -2.26. The summed E-state index contributed by atoms with van der Waals surface area (Å²) in [7, 11) is -1.11. The van der Waals surface area contributed by atoms with Crippen molar-refractivity contribution in [1.82, 2.24) is 10.6 Å². The van der Waals surface area contributed by atoms with E-state index in [-0.39, 0.29) is 23.1 Å². The summed E-state index contributed by atoms with van der Waals surface area (Å²) in [5, 5.41) is 28.0. The molecule has 276 valence electrons. The van der Waals surface area contributed by atoms with Gasteiger partial charge in [0.05, 0.1) is 39.9 Å². The van der Waals surface area contributed by atoms with Crippen LogP contribution in [0.2, 0.25) is 0 Å². The molecule has 1 unspecified atom stereocenters. The van der Waals surface area contributed by atoms with Crippen LogP contribution in [0.25, 0.3) is 0 Å². The Hall–Kier alpha value is 1.76. The molecule has 1 atom stereocenters. The van der Waals surface area contributed by atoms with Crippen LogP contribution in [0.4, 0.5) is 9.59 Å². The van der Waals surface area contributed by atoms with Gasteiger partial charge in [0.15, 0.2) is 0 Å². The van der Waals surface area contributed by atoms with E-state index < -0.39 is 16.9 Å². The van der Waals surface area contributed by atoms with Crippen LogP contribution in [-0.2, 0) is 25.3 Å². The van der Waals surface area contributed by atoms with E-state index in [0.29, 0.717) is 47.4 Å². The highest BCUT2D eigenvalue weighted by Gasteiger charge is 2.03. The minimum absolute atomic E-state index is 0.0260. The smallest absolute Gasteiger partial charge is 0.407 e. The molecule has 0 bridgehead atoms. The monoisotopic (exact) mass is 888 g/mol. The quantitative estimate of drug-likeness (QED) is 0.0151. The topological polar surface area (TPSA) is 168 Å². The van der Waals surface area contributed by atoms with E-state index in [4.69, 9.17) is 24.7 Å². The van der Waals surface area contributed by atoms with Gasteiger partial charge < -0.3 is 30.5 Å². The van der Waals surface area contributed by atoms with Crippen molar-refractivity contribution in [3.8, 4) is 0 Å². The third kappa shape index (κ3) is 42.1. The second-order valence-electron chi connectivity index (χ2n) is 7.51. The summed E-state index contributed by atoms with van der Waals surface area (Å²) in [5.41, 5.74) is 1.52. The van der Waals surface area contributed by atoms with Crippen LogP contribution in [0.1, 0.15) is 0 Å². The molecule has 0 aromatic heterocycles. The molecule has 0 saturated heterocycles. The van der Waals surface area contributed by atoms with Crippen LogP contribution in [0.5, 0.6) is 0 Å². The van der Waals surface area contributed by atoms with Crippen molar-refractivity contribution in [3.05, 3.63) is 0 Å². The molecule has 0 spiro atoms. The molecule has 12 nitrogen and oxygen atoms in total. The Balaban J connectivity index is 3.39. The summed E-state index contributed by atoms with van der Waals surface area (Å²) in [6, 6.07) is 0. The molecule has 0 aliphatic heterocycles. The summed E-state index contributed by atoms with van der Waals surface area (Å²) < 4.78 is 17.1. The standard InChI is InChI=1S/C23H44N4O8S12/c28-11-40-17-42-13-33-22(30)26-3-7-38-16-37-6-2-25-10-47(32)21-45-19-44-20-46-23(31)27-4-8-39-15-36-5-1-24-9-34-35-14-43-18-41-12-29/h9-10,28-29H,1-8,11-21H2,(H,26,30)(H,27,31). The Bertz CT molecular complexity index is 815. The van der Waals surface area contributed by atoms with Gasteiger partial charge in [0, 0.05) is 73.2 Å². The lowest BCUT2D eigenvalue weighted by Gasteiger charge is -2.06. The number of ether oxygens (including phenoxy) is 1. The van der Waals surface area contributed by atoms with E-state index in [2.05, 4.69) is 20.6 Å². The summed E-state index contributed by atoms with van der Waals surface area (Å²) in [4.78, 5) is 41.5. The number of aliphatic hydroxyl groups excluding tert-OH is 2. The highest BCUT2D eigenvalue weighted by molar-refractivity contribution is 8.28. The molecule has 0 aliphatic carbocycles. The van der Waals surface area contributed by atoms with E-state index >= 15 is 0 Å². The van der Waals surface area contributed by atoms with Crippen LogP contribution in [0.15, 0.2) is 9.98 Å². The van der Waals surface area contributed by atoms with E-state index in [1.54, 1.807) is 70.6 Å². The number of amides is 2. The molecule has 0 heterocycles. The highest BCUT2D eigenvalue weighted by atomic mass is 32.3.